The van der Waals surface area contributed by atoms with Crippen molar-refractivity contribution in [2.45, 2.75) is 33.7 Å². The molecule has 0 aliphatic heterocycles. The summed E-state index contributed by atoms with van der Waals surface area (Å²) in [5.41, 5.74) is 3.75. The smallest absolute Gasteiger partial charge is 0.202 e. The molecular weight excluding hydrogens is 300 g/mol. The molecule has 24 heavy (non-hydrogen) atoms. The molecule has 0 saturated carbocycles. The third-order valence-corrected chi connectivity index (χ3v) is 4.25. The van der Waals surface area contributed by atoms with Gasteiger partial charge in [0, 0.05) is 34.6 Å². The number of carbonyl (C=O) groups excluding carboxylic acids is 1. The predicted octanol–water partition coefficient (Wildman–Crippen LogP) is 4.50. The normalized spacial score (nSPS) is 11.2. The molecule has 0 radical (unpaired) electrons. The van der Waals surface area contributed by atoms with Crippen LogP contribution in [-0.2, 0) is 0 Å². The van der Waals surface area contributed by atoms with Gasteiger partial charge < -0.3 is 9.30 Å². The molecule has 124 valence electrons. The number of ether oxygens (including phenoxy) is 1. The quantitative estimate of drug-likeness (QED) is 0.650. The maximum atomic E-state index is 12.5. The fraction of sp³-hybridized carbons (Fsp3) is 0.300. The number of hydrogen-bond acceptors (Lipinski definition) is 3. The zero-order chi connectivity index (χ0) is 17.3. The number of aromatic nitrogens is 2. The van der Waals surface area contributed by atoms with E-state index in [-0.39, 0.29) is 12.4 Å². The molecule has 0 amide bonds. The van der Waals surface area contributed by atoms with E-state index in [1.54, 1.807) is 6.20 Å². The van der Waals surface area contributed by atoms with Crippen LogP contribution in [0.15, 0.2) is 42.6 Å². The van der Waals surface area contributed by atoms with Crippen molar-refractivity contribution < 1.29 is 9.53 Å². The molecule has 2 aromatic heterocycles. The summed E-state index contributed by atoms with van der Waals surface area (Å²) in [6, 6.07) is 11.8. The average molecular weight is 322 g/mol. The van der Waals surface area contributed by atoms with Gasteiger partial charge in [-0.3, -0.25) is 9.78 Å². The number of aryl methyl sites for hydroxylation is 1. The Labute approximate surface area is 142 Å². The van der Waals surface area contributed by atoms with Crippen LogP contribution in [0.1, 0.15) is 41.6 Å². The van der Waals surface area contributed by atoms with Gasteiger partial charge in [-0.15, -0.1) is 0 Å². The summed E-state index contributed by atoms with van der Waals surface area (Å²) in [5.74, 6) is 0.683. The molecule has 1 aromatic carbocycles. The molecule has 0 unspecified atom stereocenters. The number of carbonyl (C=O) groups is 1. The molecule has 0 fully saturated rings. The third kappa shape index (κ3) is 3.04. The van der Waals surface area contributed by atoms with Crippen LogP contribution in [-0.4, -0.2) is 21.9 Å². The Morgan fingerprint density at radius 1 is 1.21 bits per heavy atom. The van der Waals surface area contributed by atoms with Crippen LogP contribution in [0.3, 0.4) is 0 Å². The topological polar surface area (TPSA) is 44.1 Å². The van der Waals surface area contributed by atoms with E-state index in [0.717, 1.165) is 27.9 Å². The minimum absolute atomic E-state index is 0.00119. The Kier molecular flexibility index (Phi) is 4.38. The molecule has 0 bridgehead atoms. The highest BCUT2D eigenvalue weighted by atomic mass is 16.5. The van der Waals surface area contributed by atoms with Gasteiger partial charge >= 0.3 is 0 Å². The standard InChI is InChI=1S/C20H22N2O2/c1-13(2)22-14(3)10-18(15(22)4)20(23)12-24-17-7-8-19-16(11-17)6-5-9-21-19/h5-11,13H,12H2,1-4H3. The number of hydrogen-bond donors (Lipinski definition) is 0. The van der Waals surface area contributed by atoms with Gasteiger partial charge in [0.1, 0.15) is 5.75 Å². The summed E-state index contributed by atoms with van der Waals surface area (Å²) in [7, 11) is 0. The molecule has 2 heterocycles. The van der Waals surface area contributed by atoms with Crippen LogP contribution in [0.25, 0.3) is 10.9 Å². The fourth-order valence-electron chi connectivity index (χ4n) is 3.22. The maximum Gasteiger partial charge on any atom is 0.202 e. The Bertz CT molecular complexity index is 894. The van der Waals surface area contributed by atoms with Gasteiger partial charge in [0.05, 0.1) is 5.52 Å². The molecule has 0 spiro atoms. The SMILES string of the molecule is Cc1cc(C(=O)COc2ccc3ncccc3c2)c(C)n1C(C)C. The third-order valence-electron chi connectivity index (χ3n) is 4.25. The van der Waals surface area contributed by atoms with Crippen LogP contribution in [0.4, 0.5) is 0 Å². The van der Waals surface area contributed by atoms with E-state index >= 15 is 0 Å². The highest BCUT2D eigenvalue weighted by Gasteiger charge is 2.17. The van der Waals surface area contributed by atoms with Gasteiger partial charge in [-0.25, -0.2) is 0 Å². The molecule has 3 rings (SSSR count). The first-order valence-electron chi connectivity index (χ1n) is 8.16. The van der Waals surface area contributed by atoms with Crippen molar-refractivity contribution >= 4 is 16.7 Å². The van der Waals surface area contributed by atoms with Crippen LogP contribution in [0.5, 0.6) is 5.75 Å². The first kappa shape index (κ1) is 16.2. The summed E-state index contributed by atoms with van der Waals surface area (Å²) >= 11 is 0. The lowest BCUT2D eigenvalue weighted by atomic mass is 10.1. The number of Topliss-reactive ketones (excluding diaryl/α,β-unsaturated/α-hetero) is 1. The lowest BCUT2D eigenvalue weighted by Crippen LogP contribution is -2.13. The number of nitrogens with zero attached hydrogens (tertiary/aromatic N) is 2. The number of ketones is 1. The van der Waals surface area contributed by atoms with Crippen molar-refractivity contribution in [3.8, 4) is 5.75 Å². The van der Waals surface area contributed by atoms with E-state index in [4.69, 9.17) is 4.74 Å². The monoisotopic (exact) mass is 322 g/mol. The zero-order valence-corrected chi connectivity index (χ0v) is 14.5. The van der Waals surface area contributed by atoms with E-state index in [0.29, 0.717) is 11.8 Å². The minimum Gasteiger partial charge on any atom is -0.485 e. The Balaban J connectivity index is 1.76. The van der Waals surface area contributed by atoms with Crippen molar-refractivity contribution in [1.82, 2.24) is 9.55 Å². The Morgan fingerprint density at radius 2 is 2.00 bits per heavy atom. The first-order chi connectivity index (χ1) is 11.5. The molecule has 0 aliphatic carbocycles. The first-order valence-corrected chi connectivity index (χ1v) is 8.16. The van der Waals surface area contributed by atoms with Gasteiger partial charge in [-0.05, 0) is 58.0 Å². The second kappa shape index (κ2) is 6.48. The Hall–Kier alpha value is -2.62. The van der Waals surface area contributed by atoms with Gasteiger partial charge in [-0.1, -0.05) is 6.07 Å². The molecule has 0 N–H and O–H groups in total. The van der Waals surface area contributed by atoms with Crippen LogP contribution in [0.2, 0.25) is 0 Å². The highest BCUT2D eigenvalue weighted by Crippen LogP contribution is 2.22. The minimum atomic E-state index is 0.00119. The van der Waals surface area contributed by atoms with Crippen molar-refractivity contribution in [3.63, 3.8) is 0 Å². The van der Waals surface area contributed by atoms with Crippen molar-refractivity contribution in [2.24, 2.45) is 0 Å². The van der Waals surface area contributed by atoms with E-state index in [1.165, 1.54) is 0 Å². The average Bonchev–Trinajstić information content (AvgIpc) is 2.87. The number of pyridine rings is 1. The lowest BCUT2D eigenvalue weighted by Gasteiger charge is -2.13. The summed E-state index contributed by atoms with van der Waals surface area (Å²) in [5, 5.41) is 1.00. The molecule has 0 atom stereocenters. The highest BCUT2D eigenvalue weighted by molar-refractivity contribution is 5.98. The van der Waals surface area contributed by atoms with Gasteiger partial charge in [-0.2, -0.15) is 0 Å². The van der Waals surface area contributed by atoms with Crippen LogP contribution < -0.4 is 4.74 Å². The molecule has 0 saturated heterocycles. The van der Waals surface area contributed by atoms with Gasteiger partial charge in [0.2, 0.25) is 5.78 Å². The molecule has 3 aromatic rings. The van der Waals surface area contributed by atoms with Crippen LogP contribution >= 0.6 is 0 Å². The summed E-state index contributed by atoms with van der Waals surface area (Å²) in [6.45, 7) is 8.29. The lowest BCUT2D eigenvalue weighted by molar-refractivity contribution is 0.0921. The van der Waals surface area contributed by atoms with Crippen molar-refractivity contribution in [1.29, 1.82) is 0 Å². The largest absolute Gasteiger partial charge is 0.485 e. The molecular formula is C20H22N2O2. The number of rotatable bonds is 5. The molecule has 4 heteroatoms. The number of benzene rings is 1. The van der Waals surface area contributed by atoms with Crippen molar-refractivity contribution in [3.05, 3.63) is 59.5 Å². The second-order valence-corrected chi connectivity index (χ2v) is 6.32. The van der Waals surface area contributed by atoms with E-state index < -0.39 is 0 Å². The van der Waals surface area contributed by atoms with E-state index in [2.05, 4.69) is 23.4 Å². The summed E-state index contributed by atoms with van der Waals surface area (Å²) < 4.78 is 7.88. The second-order valence-electron chi connectivity index (χ2n) is 6.32. The van der Waals surface area contributed by atoms with Gasteiger partial charge in [0.25, 0.3) is 0 Å². The molecule has 0 aliphatic rings. The predicted molar refractivity (Wildman–Crippen MR) is 95.9 cm³/mol. The van der Waals surface area contributed by atoms with Crippen molar-refractivity contribution in [2.75, 3.05) is 6.61 Å². The van der Waals surface area contributed by atoms with E-state index in [1.807, 2.05) is 50.2 Å². The maximum absolute atomic E-state index is 12.5. The summed E-state index contributed by atoms with van der Waals surface area (Å²) in [6.07, 6.45) is 1.76. The van der Waals surface area contributed by atoms with Crippen LogP contribution in [0, 0.1) is 13.8 Å². The van der Waals surface area contributed by atoms with Gasteiger partial charge in [0.15, 0.2) is 6.61 Å². The van der Waals surface area contributed by atoms with E-state index in [9.17, 15) is 4.79 Å². The zero-order valence-electron chi connectivity index (χ0n) is 14.5. The molecule has 4 nitrogen and oxygen atoms in total. The fourth-order valence-corrected chi connectivity index (χ4v) is 3.22. The number of fused-ring (bicyclic) bond motifs is 1. The Morgan fingerprint density at radius 3 is 2.71 bits per heavy atom. The summed E-state index contributed by atoms with van der Waals surface area (Å²) in [4.78, 5) is 16.8.